The van der Waals surface area contributed by atoms with Gasteiger partial charge in [0.05, 0.1) is 11.9 Å². The fraction of sp³-hybridized carbons (Fsp3) is 0.583. The molecule has 1 N–H and O–H groups in total. The van der Waals surface area contributed by atoms with Crippen molar-refractivity contribution < 1.29 is 0 Å². The van der Waals surface area contributed by atoms with Crippen molar-refractivity contribution in [1.29, 1.82) is 0 Å². The number of pyridine rings is 1. The molecular weight excluding hydrogens is 186 g/mol. The second-order valence-corrected chi connectivity index (χ2v) is 4.63. The Balaban J connectivity index is 1.76. The molecule has 2 saturated heterocycles. The van der Waals surface area contributed by atoms with Crippen LogP contribution in [0.4, 0.5) is 5.69 Å². The van der Waals surface area contributed by atoms with Gasteiger partial charge in [0.2, 0.25) is 0 Å². The molecule has 2 aliphatic rings. The van der Waals surface area contributed by atoms with Crippen molar-refractivity contribution in [3.05, 3.63) is 24.0 Å². The quantitative estimate of drug-likeness (QED) is 0.743. The molecule has 15 heavy (non-hydrogen) atoms. The monoisotopic (exact) mass is 203 g/mol. The molecule has 3 heteroatoms. The van der Waals surface area contributed by atoms with Gasteiger partial charge >= 0.3 is 0 Å². The highest BCUT2D eigenvalue weighted by molar-refractivity contribution is 5.49. The van der Waals surface area contributed by atoms with E-state index in [1.54, 1.807) is 0 Å². The van der Waals surface area contributed by atoms with Crippen molar-refractivity contribution in [3.8, 4) is 0 Å². The van der Waals surface area contributed by atoms with E-state index in [1.807, 2.05) is 13.1 Å². The third kappa shape index (κ3) is 1.51. The third-order valence-electron chi connectivity index (χ3n) is 3.65. The lowest BCUT2D eigenvalue weighted by Crippen LogP contribution is -2.63. The molecule has 3 heterocycles. The molecule has 0 radical (unpaired) electrons. The Bertz CT molecular complexity index is 346. The summed E-state index contributed by atoms with van der Waals surface area (Å²) in [6, 6.07) is 5.00. The fourth-order valence-corrected chi connectivity index (χ4v) is 2.65. The first-order chi connectivity index (χ1) is 7.34. The average Bonchev–Trinajstić information content (AvgIpc) is 2.23. The summed E-state index contributed by atoms with van der Waals surface area (Å²) in [7, 11) is 0. The second-order valence-electron chi connectivity index (χ2n) is 4.63. The fourth-order valence-electron chi connectivity index (χ4n) is 2.65. The van der Waals surface area contributed by atoms with E-state index in [-0.39, 0.29) is 0 Å². The SMILES string of the molecule is Cc1ccc(N2C[C@H]3CCNC[C@H]32)cn1. The van der Waals surface area contributed by atoms with Crippen molar-refractivity contribution in [3.63, 3.8) is 0 Å². The van der Waals surface area contributed by atoms with E-state index >= 15 is 0 Å². The highest BCUT2D eigenvalue weighted by atomic mass is 15.3. The number of rotatable bonds is 1. The molecule has 0 spiro atoms. The minimum absolute atomic E-state index is 0.711. The molecule has 0 unspecified atom stereocenters. The van der Waals surface area contributed by atoms with Crippen LogP contribution >= 0.6 is 0 Å². The summed E-state index contributed by atoms with van der Waals surface area (Å²) in [6.07, 6.45) is 3.33. The summed E-state index contributed by atoms with van der Waals surface area (Å²) in [6.45, 7) is 5.58. The molecular formula is C12H17N3. The highest BCUT2D eigenvalue weighted by Gasteiger charge is 2.40. The van der Waals surface area contributed by atoms with E-state index in [0.29, 0.717) is 6.04 Å². The summed E-state index contributed by atoms with van der Waals surface area (Å²) in [5.74, 6) is 0.910. The van der Waals surface area contributed by atoms with Gasteiger partial charge in [-0.25, -0.2) is 0 Å². The average molecular weight is 203 g/mol. The maximum atomic E-state index is 4.36. The predicted molar refractivity (Wildman–Crippen MR) is 61.1 cm³/mol. The third-order valence-corrected chi connectivity index (χ3v) is 3.65. The Hall–Kier alpha value is -1.09. The minimum Gasteiger partial charge on any atom is -0.365 e. The largest absolute Gasteiger partial charge is 0.365 e. The molecule has 2 atom stereocenters. The number of piperidine rings is 1. The number of anilines is 1. The first-order valence-electron chi connectivity index (χ1n) is 5.74. The van der Waals surface area contributed by atoms with Gasteiger partial charge in [0, 0.05) is 24.8 Å². The van der Waals surface area contributed by atoms with Crippen LogP contribution in [-0.2, 0) is 0 Å². The number of hydrogen-bond donors (Lipinski definition) is 1. The lowest BCUT2D eigenvalue weighted by Gasteiger charge is -2.52. The second kappa shape index (κ2) is 3.49. The topological polar surface area (TPSA) is 28.2 Å². The van der Waals surface area contributed by atoms with E-state index in [0.717, 1.165) is 18.2 Å². The molecule has 0 aromatic carbocycles. The predicted octanol–water partition coefficient (Wildman–Crippen LogP) is 1.19. The van der Waals surface area contributed by atoms with Crippen molar-refractivity contribution in [2.75, 3.05) is 24.5 Å². The van der Waals surface area contributed by atoms with Crippen LogP contribution in [-0.4, -0.2) is 30.7 Å². The van der Waals surface area contributed by atoms with Crippen LogP contribution in [0.25, 0.3) is 0 Å². The number of nitrogens with zero attached hydrogens (tertiary/aromatic N) is 2. The van der Waals surface area contributed by atoms with Crippen molar-refractivity contribution in [2.45, 2.75) is 19.4 Å². The summed E-state index contributed by atoms with van der Waals surface area (Å²) in [5.41, 5.74) is 2.38. The lowest BCUT2D eigenvalue weighted by molar-refractivity contribution is 0.229. The van der Waals surface area contributed by atoms with Gasteiger partial charge in [-0.3, -0.25) is 4.98 Å². The van der Waals surface area contributed by atoms with Crippen LogP contribution < -0.4 is 10.2 Å². The normalized spacial score (nSPS) is 29.5. The Morgan fingerprint density at radius 3 is 3.13 bits per heavy atom. The zero-order chi connectivity index (χ0) is 10.3. The zero-order valence-electron chi connectivity index (χ0n) is 9.11. The van der Waals surface area contributed by atoms with Crippen LogP contribution in [0.1, 0.15) is 12.1 Å². The van der Waals surface area contributed by atoms with E-state index in [9.17, 15) is 0 Å². The number of fused-ring (bicyclic) bond motifs is 1. The van der Waals surface area contributed by atoms with Gasteiger partial charge in [0.15, 0.2) is 0 Å². The molecule has 3 rings (SSSR count). The molecule has 0 saturated carbocycles. The number of aryl methyl sites for hydroxylation is 1. The van der Waals surface area contributed by atoms with Gasteiger partial charge in [-0.2, -0.15) is 0 Å². The summed E-state index contributed by atoms with van der Waals surface area (Å²) < 4.78 is 0. The maximum Gasteiger partial charge on any atom is 0.0556 e. The van der Waals surface area contributed by atoms with E-state index < -0.39 is 0 Å². The van der Waals surface area contributed by atoms with Crippen LogP contribution in [0.15, 0.2) is 18.3 Å². The van der Waals surface area contributed by atoms with E-state index in [4.69, 9.17) is 0 Å². The van der Waals surface area contributed by atoms with Crippen LogP contribution in [0, 0.1) is 12.8 Å². The molecule has 2 aliphatic heterocycles. The van der Waals surface area contributed by atoms with Crippen molar-refractivity contribution >= 4 is 5.69 Å². The van der Waals surface area contributed by atoms with Crippen LogP contribution in [0.2, 0.25) is 0 Å². The minimum atomic E-state index is 0.711. The van der Waals surface area contributed by atoms with Gasteiger partial charge in [-0.1, -0.05) is 0 Å². The molecule has 1 aromatic rings. The van der Waals surface area contributed by atoms with Gasteiger partial charge in [-0.05, 0) is 37.9 Å². The first kappa shape index (κ1) is 9.16. The highest BCUT2D eigenvalue weighted by Crippen LogP contribution is 2.33. The van der Waals surface area contributed by atoms with Gasteiger partial charge in [0.25, 0.3) is 0 Å². The van der Waals surface area contributed by atoms with Crippen molar-refractivity contribution in [1.82, 2.24) is 10.3 Å². The maximum absolute atomic E-state index is 4.36. The zero-order valence-corrected chi connectivity index (χ0v) is 9.11. The van der Waals surface area contributed by atoms with Gasteiger partial charge < -0.3 is 10.2 Å². The van der Waals surface area contributed by atoms with E-state index in [1.165, 1.54) is 25.2 Å². The van der Waals surface area contributed by atoms with Gasteiger partial charge in [-0.15, -0.1) is 0 Å². The summed E-state index contributed by atoms with van der Waals surface area (Å²) >= 11 is 0. The Labute approximate surface area is 90.5 Å². The molecule has 1 aromatic heterocycles. The number of hydrogen-bond acceptors (Lipinski definition) is 3. The first-order valence-corrected chi connectivity index (χ1v) is 5.74. The van der Waals surface area contributed by atoms with Gasteiger partial charge in [0.1, 0.15) is 0 Å². The van der Waals surface area contributed by atoms with E-state index in [2.05, 4.69) is 27.3 Å². The molecule has 3 nitrogen and oxygen atoms in total. The summed E-state index contributed by atoms with van der Waals surface area (Å²) in [4.78, 5) is 6.83. The summed E-state index contributed by atoms with van der Waals surface area (Å²) in [5, 5.41) is 3.47. The lowest BCUT2D eigenvalue weighted by atomic mass is 9.83. The molecule has 80 valence electrons. The number of nitrogens with one attached hydrogen (secondary N) is 1. The van der Waals surface area contributed by atoms with Crippen LogP contribution in [0.5, 0.6) is 0 Å². The van der Waals surface area contributed by atoms with Crippen LogP contribution in [0.3, 0.4) is 0 Å². The Kier molecular flexibility index (Phi) is 2.13. The smallest absolute Gasteiger partial charge is 0.0556 e. The molecule has 0 amide bonds. The Morgan fingerprint density at radius 1 is 1.47 bits per heavy atom. The molecule has 0 aliphatic carbocycles. The molecule has 2 fully saturated rings. The Morgan fingerprint density at radius 2 is 2.40 bits per heavy atom. The molecule has 0 bridgehead atoms. The van der Waals surface area contributed by atoms with Crippen molar-refractivity contribution in [2.24, 2.45) is 5.92 Å². The number of aromatic nitrogens is 1. The standard InChI is InChI=1S/C12H17N3/c1-9-2-3-11(6-14-9)15-8-10-4-5-13-7-12(10)15/h2-3,6,10,12-13H,4-5,7-8H2,1H3/t10-,12-/m1/s1.